The molecule has 19 heteroatoms. The summed E-state index contributed by atoms with van der Waals surface area (Å²) in [4.78, 5) is 13.5. The number of allylic oxidation sites excluding steroid dienone is 15. The van der Waals surface area contributed by atoms with E-state index in [4.69, 9.17) is 28.4 Å². The quantitative estimate of drug-likeness (QED) is 0.0199. The van der Waals surface area contributed by atoms with Gasteiger partial charge in [0.05, 0.1) is 38.6 Å². The van der Waals surface area contributed by atoms with E-state index >= 15 is 0 Å². The van der Waals surface area contributed by atoms with Gasteiger partial charge >= 0.3 is 0 Å². The van der Waals surface area contributed by atoms with Gasteiger partial charge in [-0.15, -0.1) is 0 Å². The van der Waals surface area contributed by atoms with Gasteiger partial charge in [0.2, 0.25) is 5.91 Å². The fraction of sp³-hybridized carbons (Fsp3) is 0.807. The molecule has 12 N–H and O–H groups in total. The number of ether oxygens (including phenoxy) is 6. The number of aliphatic hydroxyl groups is 11. The standard InChI is InChI=1S/C88H155NO18/c1-3-5-7-9-11-13-15-17-19-21-23-25-27-29-31-33-34-35-36-38-39-41-43-45-47-49-51-53-55-57-59-61-63-65-72(93)71(89-76(94)66-64-62-60-58-56-54-52-50-48-46-44-42-40-37-32-30-28-26-24-22-20-18-16-14-12-10-8-6-4-2)70-102-86-82(100)79(97)84(74(68-91)104-86)107-88-83(101)80(98)85(75(69-92)105-88)106-87-81(99)78(96)77(95)73(67-90)103-87/h6,8,12,14,18,20,24,26,30,32,47,49,55,57,63,65,71-75,77-88,90-93,95-101H,3-5,7,9-11,13,15-17,19,21-23,25,27-29,31,33-46,48,50-54,56,58-62,64,66-70H2,1-2H3,(H,89,94)/b8-6-,14-12-,20-18-,26-24-,32-30-,49-47+,57-55+,65-63+. The minimum Gasteiger partial charge on any atom is -0.394 e. The van der Waals surface area contributed by atoms with Crippen LogP contribution in [0, 0.1) is 0 Å². The minimum atomic E-state index is -1.99. The third-order valence-corrected chi connectivity index (χ3v) is 20.8. The van der Waals surface area contributed by atoms with Gasteiger partial charge in [-0.05, 0) is 89.9 Å². The van der Waals surface area contributed by atoms with E-state index in [1.165, 1.54) is 199 Å². The molecule has 17 atom stereocenters. The number of amides is 1. The van der Waals surface area contributed by atoms with Crippen molar-refractivity contribution in [1.82, 2.24) is 5.32 Å². The average molecular weight is 1520 g/mol. The lowest BCUT2D eigenvalue weighted by Crippen LogP contribution is -2.66. The van der Waals surface area contributed by atoms with Gasteiger partial charge < -0.3 is 89.9 Å². The largest absolute Gasteiger partial charge is 0.394 e. The minimum absolute atomic E-state index is 0.226. The van der Waals surface area contributed by atoms with Gasteiger partial charge in [-0.1, -0.05) is 323 Å². The molecule has 0 aliphatic carbocycles. The van der Waals surface area contributed by atoms with Gasteiger partial charge in [-0.25, -0.2) is 0 Å². The first-order valence-corrected chi connectivity index (χ1v) is 43.0. The van der Waals surface area contributed by atoms with Crippen molar-refractivity contribution in [2.75, 3.05) is 26.4 Å². The van der Waals surface area contributed by atoms with Crippen molar-refractivity contribution in [1.29, 1.82) is 0 Å². The predicted octanol–water partition coefficient (Wildman–Crippen LogP) is 15.5. The summed E-state index contributed by atoms with van der Waals surface area (Å²) in [5, 5.41) is 121. The van der Waals surface area contributed by atoms with Crippen molar-refractivity contribution >= 4 is 5.91 Å². The smallest absolute Gasteiger partial charge is 0.220 e. The number of hydrogen-bond acceptors (Lipinski definition) is 18. The Morgan fingerprint density at radius 2 is 0.654 bits per heavy atom. The number of aliphatic hydroxyl groups excluding tert-OH is 11. The lowest BCUT2D eigenvalue weighted by Gasteiger charge is -2.48. The number of rotatable bonds is 68. The molecule has 620 valence electrons. The second-order valence-corrected chi connectivity index (χ2v) is 30.2. The van der Waals surface area contributed by atoms with Gasteiger partial charge in [0.15, 0.2) is 18.9 Å². The fourth-order valence-corrected chi connectivity index (χ4v) is 14.0. The van der Waals surface area contributed by atoms with Gasteiger partial charge in [0, 0.05) is 6.42 Å². The summed E-state index contributed by atoms with van der Waals surface area (Å²) in [5.41, 5.74) is 0. The van der Waals surface area contributed by atoms with Crippen LogP contribution in [0.3, 0.4) is 0 Å². The molecular weight excluding hydrogens is 1360 g/mol. The van der Waals surface area contributed by atoms with Crippen LogP contribution in [0.4, 0.5) is 0 Å². The zero-order chi connectivity index (χ0) is 77.4. The third kappa shape index (κ3) is 46.5. The van der Waals surface area contributed by atoms with Gasteiger partial charge in [0.25, 0.3) is 0 Å². The molecule has 3 rings (SSSR count). The maximum atomic E-state index is 13.5. The SMILES string of the molecule is CC/C=C\C/C=C\C/C=C\C/C=C\C/C=C\CCCCCCCCCCCCCCCC(=O)NC(COC1OC(CO)C(OC2OC(CO)C(OC3OC(CO)C(O)C(O)C3O)C(O)C2O)C(O)C1O)C(O)/C=C/CC/C=C/CC/C=C/CCCCCCCCCCCCCCCCCCCCCCCCC. The molecule has 3 aliphatic rings. The summed E-state index contributed by atoms with van der Waals surface area (Å²) in [6, 6.07) is -1.01. The Labute approximate surface area is 647 Å². The zero-order valence-electron chi connectivity index (χ0n) is 66.6. The van der Waals surface area contributed by atoms with E-state index in [1.807, 2.05) is 6.08 Å². The molecule has 3 fully saturated rings. The van der Waals surface area contributed by atoms with Gasteiger partial charge in [-0.3, -0.25) is 4.79 Å². The van der Waals surface area contributed by atoms with Crippen molar-refractivity contribution in [3.8, 4) is 0 Å². The Kier molecular flexibility index (Phi) is 61.5. The normalized spacial score (nSPS) is 26.0. The molecule has 3 saturated heterocycles. The van der Waals surface area contributed by atoms with E-state index < -0.39 is 124 Å². The van der Waals surface area contributed by atoms with E-state index in [2.05, 4.69) is 104 Å². The second-order valence-electron chi connectivity index (χ2n) is 30.2. The lowest BCUT2D eigenvalue weighted by molar-refractivity contribution is -0.379. The summed E-state index contributed by atoms with van der Waals surface area (Å²) < 4.78 is 34.5. The molecule has 3 heterocycles. The molecule has 17 unspecified atom stereocenters. The highest BCUT2D eigenvalue weighted by molar-refractivity contribution is 5.76. The summed E-state index contributed by atoms with van der Waals surface area (Å²) in [5.74, 6) is -0.291. The predicted molar refractivity (Wildman–Crippen MR) is 429 cm³/mol. The molecule has 0 aromatic heterocycles. The number of nitrogens with one attached hydrogen (secondary N) is 1. The molecule has 19 nitrogen and oxygen atoms in total. The number of carbonyl (C=O) groups excluding carboxylic acids is 1. The second kappa shape index (κ2) is 67.2. The van der Waals surface area contributed by atoms with Crippen LogP contribution in [-0.4, -0.2) is 193 Å². The third-order valence-electron chi connectivity index (χ3n) is 20.8. The van der Waals surface area contributed by atoms with Crippen LogP contribution in [0.25, 0.3) is 0 Å². The molecule has 107 heavy (non-hydrogen) atoms. The molecule has 3 aliphatic heterocycles. The molecule has 0 aromatic carbocycles. The van der Waals surface area contributed by atoms with Gasteiger partial charge in [0.1, 0.15) is 73.2 Å². The Morgan fingerprint density at radius 3 is 1.05 bits per heavy atom. The summed E-state index contributed by atoms with van der Waals surface area (Å²) in [6.45, 7) is 1.63. The molecule has 1 amide bonds. The maximum absolute atomic E-state index is 13.5. The highest BCUT2D eigenvalue weighted by Crippen LogP contribution is 2.33. The van der Waals surface area contributed by atoms with Crippen LogP contribution < -0.4 is 5.32 Å². The zero-order valence-corrected chi connectivity index (χ0v) is 66.6. The Hall–Kier alpha value is -3.29. The monoisotopic (exact) mass is 1510 g/mol. The highest BCUT2D eigenvalue weighted by Gasteiger charge is 2.54. The number of carbonyl (C=O) groups is 1. The van der Waals surface area contributed by atoms with Crippen LogP contribution in [0.2, 0.25) is 0 Å². The fourth-order valence-electron chi connectivity index (χ4n) is 14.0. The maximum Gasteiger partial charge on any atom is 0.220 e. The van der Waals surface area contributed by atoms with Crippen molar-refractivity contribution in [3.05, 3.63) is 97.2 Å². The van der Waals surface area contributed by atoms with Crippen LogP contribution in [0.5, 0.6) is 0 Å². The first-order chi connectivity index (χ1) is 52.3. The Morgan fingerprint density at radius 1 is 0.346 bits per heavy atom. The van der Waals surface area contributed by atoms with Crippen LogP contribution >= 0.6 is 0 Å². The van der Waals surface area contributed by atoms with E-state index in [0.29, 0.717) is 12.8 Å². The number of unbranched alkanes of at least 4 members (excludes halogenated alkanes) is 38. The molecule has 0 aromatic rings. The summed E-state index contributed by atoms with van der Waals surface area (Å²) in [7, 11) is 0. The van der Waals surface area contributed by atoms with E-state index in [1.54, 1.807) is 6.08 Å². The van der Waals surface area contributed by atoms with Crippen molar-refractivity contribution < 1.29 is 89.4 Å². The topological polar surface area (TPSA) is 307 Å². The lowest BCUT2D eigenvalue weighted by atomic mass is 9.96. The van der Waals surface area contributed by atoms with E-state index in [-0.39, 0.29) is 18.9 Å². The number of hydrogen-bond donors (Lipinski definition) is 12. The van der Waals surface area contributed by atoms with Crippen molar-refractivity contribution in [2.45, 2.75) is 426 Å². The van der Waals surface area contributed by atoms with Crippen LogP contribution in [-0.2, 0) is 33.2 Å². The molecule has 0 saturated carbocycles. The van der Waals surface area contributed by atoms with Crippen molar-refractivity contribution in [2.24, 2.45) is 0 Å². The Balaban J connectivity index is 1.37. The highest BCUT2D eigenvalue weighted by atomic mass is 16.8. The molecular formula is C88H155NO18. The summed E-state index contributed by atoms with van der Waals surface area (Å²) >= 11 is 0. The molecule has 0 radical (unpaired) electrons. The van der Waals surface area contributed by atoms with Crippen LogP contribution in [0.1, 0.15) is 322 Å². The van der Waals surface area contributed by atoms with E-state index in [9.17, 15) is 61.0 Å². The average Bonchev–Trinajstić information content (AvgIpc) is 0.781. The molecule has 0 bridgehead atoms. The Bertz CT molecular complexity index is 2310. The summed E-state index contributed by atoms with van der Waals surface area (Å²) in [6.07, 6.45) is 65.5. The van der Waals surface area contributed by atoms with Gasteiger partial charge in [-0.2, -0.15) is 0 Å². The van der Waals surface area contributed by atoms with E-state index in [0.717, 1.165) is 89.9 Å². The molecule has 0 spiro atoms. The first-order valence-electron chi connectivity index (χ1n) is 43.0. The van der Waals surface area contributed by atoms with Crippen molar-refractivity contribution in [3.63, 3.8) is 0 Å². The van der Waals surface area contributed by atoms with Crippen LogP contribution in [0.15, 0.2) is 97.2 Å². The first kappa shape index (κ1) is 97.9.